The van der Waals surface area contributed by atoms with Gasteiger partial charge in [0.25, 0.3) is 0 Å². The second-order valence-electron chi connectivity index (χ2n) is 6.22. The van der Waals surface area contributed by atoms with Crippen LogP contribution in [0.4, 0.5) is 9.18 Å². The first-order valence-electron chi connectivity index (χ1n) is 8.71. The number of hydrogen-bond donors (Lipinski definition) is 4. The van der Waals surface area contributed by atoms with E-state index in [2.05, 4.69) is 28.2 Å². The third-order valence-corrected chi connectivity index (χ3v) is 3.63. The highest BCUT2D eigenvalue weighted by atomic mass is 19.1. The van der Waals surface area contributed by atoms with Crippen LogP contribution in [0.5, 0.6) is 0 Å². The van der Waals surface area contributed by atoms with Crippen molar-refractivity contribution >= 4 is 11.9 Å². The van der Waals surface area contributed by atoms with Gasteiger partial charge in [0.2, 0.25) is 5.91 Å². The smallest absolute Gasteiger partial charge is 0.315 e. The fourth-order valence-corrected chi connectivity index (χ4v) is 2.20. The second kappa shape index (κ2) is 11.4. The van der Waals surface area contributed by atoms with Gasteiger partial charge in [-0.05, 0) is 36.6 Å². The molecule has 1 unspecified atom stereocenters. The summed E-state index contributed by atoms with van der Waals surface area (Å²) < 4.78 is 12.9. The molecule has 3 amide bonds. The third-order valence-electron chi connectivity index (χ3n) is 3.63. The van der Waals surface area contributed by atoms with Crippen LogP contribution in [0.3, 0.4) is 0 Å². The van der Waals surface area contributed by atoms with Gasteiger partial charge in [0.05, 0.1) is 0 Å². The summed E-state index contributed by atoms with van der Waals surface area (Å²) >= 11 is 0. The molecule has 0 fully saturated rings. The lowest BCUT2D eigenvalue weighted by Crippen LogP contribution is -2.53. The third kappa shape index (κ3) is 8.49. The van der Waals surface area contributed by atoms with E-state index in [9.17, 15) is 14.0 Å². The number of nitrogens with one attached hydrogen (secondary N) is 4. The highest BCUT2D eigenvalue weighted by molar-refractivity contribution is 5.87. The van der Waals surface area contributed by atoms with Crippen molar-refractivity contribution in [3.8, 4) is 0 Å². The Labute approximate surface area is 148 Å². The highest BCUT2D eigenvalue weighted by Gasteiger charge is 2.23. The monoisotopic (exact) mass is 352 g/mol. The minimum Gasteiger partial charge on any atom is -0.353 e. The van der Waals surface area contributed by atoms with Crippen LogP contribution in [0.15, 0.2) is 24.3 Å². The molecule has 25 heavy (non-hydrogen) atoms. The van der Waals surface area contributed by atoms with Gasteiger partial charge < -0.3 is 21.3 Å². The molecule has 4 N–H and O–H groups in total. The zero-order valence-electron chi connectivity index (χ0n) is 15.2. The number of urea groups is 1. The molecular formula is C18H29FN4O2. The van der Waals surface area contributed by atoms with Gasteiger partial charge in [-0.1, -0.05) is 32.9 Å². The number of carbonyl (C=O) groups is 2. The van der Waals surface area contributed by atoms with Crippen LogP contribution in [0.25, 0.3) is 0 Å². The van der Waals surface area contributed by atoms with E-state index < -0.39 is 12.1 Å². The van der Waals surface area contributed by atoms with Gasteiger partial charge in [0, 0.05) is 19.6 Å². The Kier molecular flexibility index (Phi) is 9.54. The second-order valence-corrected chi connectivity index (χ2v) is 6.22. The average molecular weight is 352 g/mol. The molecule has 0 aliphatic heterocycles. The fraction of sp³-hybridized carbons (Fsp3) is 0.556. The Morgan fingerprint density at radius 2 is 1.72 bits per heavy atom. The Balaban J connectivity index is 2.40. The van der Waals surface area contributed by atoms with E-state index in [1.54, 1.807) is 12.1 Å². The van der Waals surface area contributed by atoms with Crippen molar-refractivity contribution in [1.29, 1.82) is 0 Å². The average Bonchev–Trinajstić information content (AvgIpc) is 2.58. The molecule has 0 bridgehead atoms. The molecule has 0 radical (unpaired) electrons. The predicted octanol–water partition coefficient (Wildman–Crippen LogP) is 1.77. The molecule has 1 aromatic rings. The van der Waals surface area contributed by atoms with E-state index in [0.717, 1.165) is 18.5 Å². The minimum absolute atomic E-state index is 0.0415. The number of benzene rings is 1. The summed E-state index contributed by atoms with van der Waals surface area (Å²) in [6, 6.07) is 4.84. The molecular weight excluding hydrogens is 323 g/mol. The molecule has 0 aliphatic rings. The number of hydrogen-bond acceptors (Lipinski definition) is 3. The van der Waals surface area contributed by atoms with Crippen molar-refractivity contribution in [2.24, 2.45) is 5.92 Å². The zero-order chi connectivity index (χ0) is 18.7. The first kappa shape index (κ1) is 20.9. The molecule has 1 aromatic carbocycles. The summed E-state index contributed by atoms with van der Waals surface area (Å²) in [6.07, 6.45) is 1.04. The number of rotatable bonds is 10. The van der Waals surface area contributed by atoms with Gasteiger partial charge in [-0.2, -0.15) is 0 Å². The van der Waals surface area contributed by atoms with Crippen LogP contribution in [0.2, 0.25) is 0 Å². The summed E-state index contributed by atoms with van der Waals surface area (Å²) in [5.41, 5.74) is 0.782. The first-order chi connectivity index (χ1) is 11.9. The van der Waals surface area contributed by atoms with Gasteiger partial charge in [0.1, 0.15) is 11.9 Å². The van der Waals surface area contributed by atoms with Gasteiger partial charge in [-0.15, -0.1) is 0 Å². The molecule has 0 aromatic heterocycles. The van der Waals surface area contributed by atoms with Crippen LogP contribution in [0.1, 0.15) is 32.8 Å². The number of halogens is 1. The molecule has 0 aliphatic carbocycles. The van der Waals surface area contributed by atoms with Crippen molar-refractivity contribution < 1.29 is 14.0 Å². The Morgan fingerprint density at radius 1 is 1.04 bits per heavy atom. The number of amides is 3. The van der Waals surface area contributed by atoms with E-state index in [1.807, 2.05) is 13.8 Å². The minimum atomic E-state index is -0.612. The quantitative estimate of drug-likeness (QED) is 0.484. The van der Waals surface area contributed by atoms with E-state index in [0.29, 0.717) is 13.1 Å². The van der Waals surface area contributed by atoms with E-state index in [4.69, 9.17) is 0 Å². The van der Waals surface area contributed by atoms with E-state index >= 15 is 0 Å². The van der Waals surface area contributed by atoms with Gasteiger partial charge in [-0.25, -0.2) is 9.18 Å². The fourth-order valence-electron chi connectivity index (χ4n) is 2.20. The summed E-state index contributed by atoms with van der Waals surface area (Å²) in [5, 5.41) is 11.4. The maximum absolute atomic E-state index is 12.9. The molecule has 1 atom stereocenters. The van der Waals surface area contributed by atoms with E-state index in [1.165, 1.54) is 12.1 Å². The van der Waals surface area contributed by atoms with Crippen LogP contribution >= 0.6 is 0 Å². The molecule has 0 heterocycles. The topological polar surface area (TPSA) is 82.3 Å². The van der Waals surface area contributed by atoms with Crippen molar-refractivity contribution in [3.05, 3.63) is 35.6 Å². The first-order valence-corrected chi connectivity index (χ1v) is 8.71. The lowest BCUT2D eigenvalue weighted by molar-refractivity contribution is -0.123. The standard InChI is InChI=1S/C18H29FN4O2/c1-4-9-20-10-11-21-17(24)16(13(2)3)23-18(25)22-12-14-5-7-15(19)8-6-14/h5-8,13,16,20H,4,9-12H2,1-3H3,(H,21,24)(H2,22,23,25). The summed E-state index contributed by atoms with van der Waals surface area (Å²) in [5.74, 6) is -0.566. The summed E-state index contributed by atoms with van der Waals surface area (Å²) in [4.78, 5) is 24.3. The summed E-state index contributed by atoms with van der Waals surface area (Å²) in [7, 11) is 0. The van der Waals surface area contributed by atoms with Gasteiger partial charge in [0.15, 0.2) is 0 Å². The normalized spacial score (nSPS) is 11.9. The maximum Gasteiger partial charge on any atom is 0.315 e. The highest BCUT2D eigenvalue weighted by Crippen LogP contribution is 2.03. The molecule has 0 spiro atoms. The van der Waals surface area contributed by atoms with Crippen LogP contribution in [-0.4, -0.2) is 37.6 Å². The molecule has 140 valence electrons. The molecule has 0 saturated carbocycles. The van der Waals surface area contributed by atoms with Gasteiger partial charge >= 0.3 is 6.03 Å². The van der Waals surface area contributed by atoms with Crippen molar-refractivity contribution in [1.82, 2.24) is 21.3 Å². The molecule has 7 heteroatoms. The lowest BCUT2D eigenvalue weighted by atomic mass is 10.0. The Bertz CT molecular complexity index is 534. The molecule has 0 saturated heterocycles. The SMILES string of the molecule is CCCNCCNC(=O)C(NC(=O)NCc1ccc(F)cc1)C(C)C. The lowest BCUT2D eigenvalue weighted by Gasteiger charge is -2.22. The number of carbonyl (C=O) groups excluding carboxylic acids is 2. The van der Waals surface area contributed by atoms with Crippen molar-refractivity contribution in [2.45, 2.75) is 39.8 Å². The van der Waals surface area contributed by atoms with Crippen LogP contribution in [-0.2, 0) is 11.3 Å². The largest absolute Gasteiger partial charge is 0.353 e. The Morgan fingerprint density at radius 3 is 2.32 bits per heavy atom. The van der Waals surface area contributed by atoms with Gasteiger partial charge in [-0.3, -0.25) is 4.79 Å². The van der Waals surface area contributed by atoms with E-state index in [-0.39, 0.29) is 24.2 Å². The molecule has 6 nitrogen and oxygen atoms in total. The predicted molar refractivity (Wildman–Crippen MR) is 96.6 cm³/mol. The molecule has 1 rings (SSSR count). The van der Waals surface area contributed by atoms with Crippen molar-refractivity contribution in [3.63, 3.8) is 0 Å². The van der Waals surface area contributed by atoms with Crippen molar-refractivity contribution in [2.75, 3.05) is 19.6 Å². The van der Waals surface area contributed by atoms with Crippen LogP contribution < -0.4 is 21.3 Å². The zero-order valence-corrected chi connectivity index (χ0v) is 15.2. The van der Waals surface area contributed by atoms with Crippen LogP contribution in [0, 0.1) is 11.7 Å². The maximum atomic E-state index is 12.9. The Hall–Kier alpha value is -2.15. The summed E-state index contributed by atoms with van der Waals surface area (Å²) in [6.45, 7) is 8.21.